The first kappa shape index (κ1) is 14.3. The Morgan fingerprint density at radius 1 is 1.26 bits per heavy atom. The number of ether oxygens (including phenoxy) is 3. The number of hydrogen-bond donors (Lipinski definition) is 1. The second kappa shape index (κ2) is 7.48. The predicted octanol–water partition coefficient (Wildman–Crippen LogP) is 2.66. The number of hydrogen-bond acceptors (Lipinski definition) is 4. The molecule has 0 spiro atoms. The standard InChI is InChI=1S/C15H22O4/c1-2-17-13-6-4-12(5-7-13)14(16)8-9-15-18-10-3-11-19-15/h4-7,14-16H,2-3,8-11H2,1H3/t14-/m0/s1. The number of benzene rings is 1. The molecule has 1 atom stereocenters. The lowest BCUT2D eigenvalue weighted by atomic mass is 10.0. The van der Waals surface area contributed by atoms with Crippen LogP contribution < -0.4 is 4.74 Å². The van der Waals surface area contributed by atoms with Gasteiger partial charge in [0.1, 0.15) is 5.75 Å². The fourth-order valence-electron chi connectivity index (χ4n) is 2.12. The zero-order valence-electron chi connectivity index (χ0n) is 11.4. The van der Waals surface area contributed by atoms with Crippen LogP contribution in [0.5, 0.6) is 5.75 Å². The molecule has 1 aromatic carbocycles. The average molecular weight is 266 g/mol. The van der Waals surface area contributed by atoms with Crippen molar-refractivity contribution in [1.82, 2.24) is 0 Å². The van der Waals surface area contributed by atoms with Gasteiger partial charge in [-0.1, -0.05) is 12.1 Å². The Labute approximate surface area is 114 Å². The summed E-state index contributed by atoms with van der Waals surface area (Å²) < 4.78 is 16.3. The molecule has 106 valence electrons. The molecule has 0 unspecified atom stereocenters. The second-order valence-corrected chi connectivity index (χ2v) is 4.62. The molecule has 1 N–H and O–H groups in total. The van der Waals surface area contributed by atoms with Crippen LogP contribution in [0.2, 0.25) is 0 Å². The fourth-order valence-corrected chi connectivity index (χ4v) is 2.12. The van der Waals surface area contributed by atoms with Crippen LogP contribution in [0.4, 0.5) is 0 Å². The molecule has 0 saturated carbocycles. The van der Waals surface area contributed by atoms with E-state index in [2.05, 4.69) is 0 Å². The third kappa shape index (κ3) is 4.49. The lowest BCUT2D eigenvalue weighted by Gasteiger charge is -2.24. The van der Waals surface area contributed by atoms with Gasteiger partial charge in [0.2, 0.25) is 0 Å². The van der Waals surface area contributed by atoms with Gasteiger partial charge in [-0.05, 0) is 37.5 Å². The van der Waals surface area contributed by atoms with Crippen molar-refractivity contribution in [2.24, 2.45) is 0 Å². The van der Waals surface area contributed by atoms with Crippen molar-refractivity contribution in [3.8, 4) is 5.75 Å². The third-order valence-corrected chi connectivity index (χ3v) is 3.15. The zero-order valence-corrected chi connectivity index (χ0v) is 11.4. The lowest BCUT2D eigenvalue weighted by Crippen LogP contribution is -2.25. The van der Waals surface area contributed by atoms with Crippen LogP contribution in [0.25, 0.3) is 0 Å². The van der Waals surface area contributed by atoms with E-state index in [1.807, 2.05) is 31.2 Å². The highest BCUT2D eigenvalue weighted by molar-refractivity contribution is 5.28. The fraction of sp³-hybridized carbons (Fsp3) is 0.600. The summed E-state index contributed by atoms with van der Waals surface area (Å²) in [5, 5.41) is 10.1. The van der Waals surface area contributed by atoms with E-state index in [9.17, 15) is 5.11 Å². The summed E-state index contributed by atoms with van der Waals surface area (Å²) in [7, 11) is 0. The largest absolute Gasteiger partial charge is 0.494 e. The Balaban J connectivity index is 1.79. The van der Waals surface area contributed by atoms with E-state index in [0.717, 1.165) is 30.9 Å². The molecule has 1 fully saturated rings. The highest BCUT2D eigenvalue weighted by Crippen LogP contribution is 2.23. The van der Waals surface area contributed by atoms with Gasteiger partial charge in [0, 0.05) is 6.42 Å². The first-order valence-corrected chi connectivity index (χ1v) is 6.93. The van der Waals surface area contributed by atoms with Crippen LogP contribution in [-0.2, 0) is 9.47 Å². The van der Waals surface area contributed by atoms with Crippen molar-refractivity contribution in [2.75, 3.05) is 19.8 Å². The Bertz CT molecular complexity index is 357. The summed E-state index contributed by atoms with van der Waals surface area (Å²) in [4.78, 5) is 0. The quantitative estimate of drug-likeness (QED) is 0.860. The second-order valence-electron chi connectivity index (χ2n) is 4.62. The van der Waals surface area contributed by atoms with Gasteiger partial charge in [-0.3, -0.25) is 0 Å². The van der Waals surface area contributed by atoms with Crippen molar-refractivity contribution >= 4 is 0 Å². The number of aliphatic hydroxyl groups is 1. The molecular weight excluding hydrogens is 244 g/mol. The van der Waals surface area contributed by atoms with Crippen LogP contribution in [0, 0.1) is 0 Å². The van der Waals surface area contributed by atoms with E-state index in [4.69, 9.17) is 14.2 Å². The molecule has 1 aliphatic heterocycles. The lowest BCUT2D eigenvalue weighted by molar-refractivity contribution is -0.183. The Morgan fingerprint density at radius 3 is 2.58 bits per heavy atom. The van der Waals surface area contributed by atoms with Gasteiger partial charge in [-0.15, -0.1) is 0 Å². The van der Waals surface area contributed by atoms with Gasteiger partial charge in [0.05, 0.1) is 25.9 Å². The smallest absolute Gasteiger partial charge is 0.157 e. The molecule has 0 radical (unpaired) electrons. The van der Waals surface area contributed by atoms with Gasteiger partial charge >= 0.3 is 0 Å². The predicted molar refractivity (Wildman–Crippen MR) is 72.1 cm³/mol. The normalized spacial score (nSPS) is 18.2. The maximum Gasteiger partial charge on any atom is 0.157 e. The van der Waals surface area contributed by atoms with Gasteiger partial charge in [-0.2, -0.15) is 0 Å². The third-order valence-electron chi connectivity index (χ3n) is 3.15. The summed E-state index contributed by atoms with van der Waals surface area (Å²) in [6, 6.07) is 7.57. The molecule has 19 heavy (non-hydrogen) atoms. The first-order valence-electron chi connectivity index (χ1n) is 6.93. The molecule has 0 aliphatic carbocycles. The van der Waals surface area contributed by atoms with E-state index < -0.39 is 6.10 Å². The number of aliphatic hydroxyl groups excluding tert-OH is 1. The van der Waals surface area contributed by atoms with Crippen LogP contribution >= 0.6 is 0 Å². The van der Waals surface area contributed by atoms with Crippen molar-refractivity contribution in [2.45, 2.75) is 38.6 Å². The molecule has 1 aliphatic rings. The van der Waals surface area contributed by atoms with E-state index in [-0.39, 0.29) is 6.29 Å². The molecular formula is C15H22O4. The SMILES string of the molecule is CCOc1ccc([C@@H](O)CCC2OCCCO2)cc1. The molecule has 1 heterocycles. The Hall–Kier alpha value is -1.10. The van der Waals surface area contributed by atoms with Crippen LogP contribution in [0.1, 0.15) is 37.9 Å². The highest BCUT2D eigenvalue weighted by Gasteiger charge is 2.16. The summed E-state index contributed by atoms with van der Waals surface area (Å²) in [5.41, 5.74) is 0.902. The van der Waals surface area contributed by atoms with Gasteiger partial charge in [0.15, 0.2) is 6.29 Å². The molecule has 4 nitrogen and oxygen atoms in total. The van der Waals surface area contributed by atoms with Gasteiger partial charge < -0.3 is 19.3 Å². The van der Waals surface area contributed by atoms with Crippen LogP contribution in [-0.4, -0.2) is 31.2 Å². The molecule has 2 rings (SSSR count). The van der Waals surface area contributed by atoms with E-state index in [1.54, 1.807) is 0 Å². The maximum atomic E-state index is 10.1. The van der Waals surface area contributed by atoms with Gasteiger partial charge in [0.25, 0.3) is 0 Å². The minimum atomic E-state index is -0.482. The molecule has 1 aromatic rings. The monoisotopic (exact) mass is 266 g/mol. The van der Waals surface area contributed by atoms with E-state index in [1.165, 1.54) is 0 Å². The minimum absolute atomic E-state index is 0.161. The summed E-state index contributed by atoms with van der Waals surface area (Å²) in [6.45, 7) is 4.11. The summed E-state index contributed by atoms with van der Waals surface area (Å²) in [6.07, 6.45) is 1.67. The zero-order chi connectivity index (χ0) is 13.5. The maximum absolute atomic E-state index is 10.1. The van der Waals surface area contributed by atoms with E-state index >= 15 is 0 Å². The highest BCUT2D eigenvalue weighted by atomic mass is 16.7. The Morgan fingerprint density at radius 2 is 1.95 bits per heavy atom. The molecule has 0 aromatic heterocycles. The van der Waals surface area contributed by atoms with Crippen molar-refractivity contribution in [3.05, 3.63) is 29.8 Å². The molecule has 0 bridgehead atoms. The van der Waals surface area contributed by atoms with Crippen LogP contribution in [0.15, 0.2) is 24.3 Å². The number of rotatable bonds is 6. The van der Waals surface area contributed by atoms with Crippen LogP contribution in [0.3, 0.4) is 0 Å². The Kier molecular flexibility index (Phi) is 5.63. The van der Waals surface area contributed by atoms with Crippen molar-refractivity contribution < 1.29 is 19.3 Å². The topological polar surface area (TPSA) is 47.9 Å². The molecule has 0 amide bonds. The van der Waals surface area contributed by atoms with Gasteiger partial charge in [-0.25, -0.2) is 0 Å². The molecule has 1 saturated heterocycles. The summed E-state index contributed by atoms with van der Waals surface area (Å²) >= 11 is 0. The molecule has 4 heteroatoms. The first-order chi connectivity index (χ1) is 9.29. The minimum Gasteiger partial charge on any atom is -0.494 e. The average Bonchev–Trinajstić information content (AvgIpc) is 2.47. The van der Waals surface area contributed by atoms with Crippen molar-refractivity contribution in [1.29, 1.82) is 0 Å². The van der Waals surface area contributed by atoms with E-state index in [0.29, 0.717) is 19.4 Å². The van der Waals surface area contributed by atoms with Crippen molar-refractivity contribution in [3.63, 3.8) is 0 Å². The summed E-state index contributed by atoms with van der Waals surface area (Å²) in [5.74, 6) is 0.831.